The molecule has 1 rings (SSSR count). The van der Waals surface area contributed by atoms with Crippen LogP contribution in [0.1, 0.15) is 12.8 Å². The predicted octanol–water partition coefficient (Wildman–Crippen LogP) is 1.11. The van der Waals surface area contributed by atoms with Crippen molar-refractivity contribution < 1.29 is 9.11 Å². The minimum absolute atomic E-state index is 0.528. The zero-order valence-corrected chi connectivity index (χ0v) is 6.81. The van der Waals surface area contributed by atoms with E-state index in [-0.39, 0.29) is 0 Å². The molecule has 4 heteroatoms. The molecule has 1 saturated heterocycles. The van der Waals surface area contributed by atoms with Gasteiger partial charge in [0.05, 0.1) is 0 Å². The van der Waals surface area contributed by atoms with Crippen molar-refractivity contribution in [1.82, 2.24) is 0 Å². The van der Waals surface area contributed by atoms with Crippen LogP contribution in [0.2, 0.25) is 0 Å². The Kier molecular flexibility index (Phi) is 2.57. The normalized spacial score (nSPS) is 29.9. The number of nitrogens with two attached hydrogens (primary N) is 1. The molecule has 0 unspecified atom stereocenters. The van der Waals surface area contributed by atoms with Gasteiger partial charge in [0, 0.05) is 11.5 Å². The maximum Gasteiger partial charge on any atom is 0.0377 e. The number of rotatable bonds is 1. The van der Waals surface area contributed by atoms with Gasteiger partial charge < -0.3 is 5.73 Å². The fraction of sp³-hybridized carbons (Fsp3) is 1.00. The van der Waals surface area contributed by atoms with E-state index >= 15 is 0 Å². The van der Waals surface area contributed by atoms with Crippen molar-refractivity contribution in [3.63, 3.8) is 0 Å². The molecule has 4 N–H and O–H groups in total. The Morgan fingerprint density at radius 2 is 1.80 bits per heavy atom. The van der Waals surface area contributed by atoms with Gasteiger partial charge in [-0.15, -0.1) is 0 Å². The van der Waals surface area contributed by atoms with Crippen molar-refractivity contribution in [3.05, 3.63) is 0 Å². The molecule has 0 saturated carbocycles. The second-order valence-electron chi connectivity index (χ2n) is 2.89. The third-order valence-electron chi connectivity index (χ3n) is 2.04. The summed E-state index contributed by atoms with van der Waals surface area (Å²) in [7, 11) is -2.18. The van der Waals surface area contributed by atoms with Gasteiger partial charge in [0.2, 0.25) is 0 Å². The van der Waals surface area contributed by atoms with Crippen molar-refractivity contribution in [1.29, 1.82) is 0 Å². The standard InChI is InChI=1S/C6H15NO2S/c7-5-6-1-3-10(8,9)4-2-6/h6,8-9H,1-5,7H2. The topological polar surface area (TPSA) is 66.5 Å². The molecular weight excluding hydrogens is 150 g/mol. The van der Waals surface area contributed by atoms with Gasteiger partial charge in [-0.25, -0.2) is 0 Å². The molecular formula is C6H15NO2S. The van der Waals surface area contributed by atoms with E-state index in [9.17, 15) is 9.11 Å². The van der Waals surface area contributed by atoms with E-state index in [1.54, 1.807) is 0 Å². The lowest BCUT2D eigenvalue weighted by atomic mass is 10.0. The SMILES string of the molecule is NCC1CCS(O)(O)CC1. The van der Waals surface area contributed by atoms with Crippen molar-refractivity contribution in [2.45, 2.75) is 12.8 Å². The van der Waals surface area contributed by atoms with Gasteiger partial charge >= 0.3 is 0 Å². The van der Waals surface area contributed by atoms with Crippen LogP contribution in [0, 0.1) is 5.92 Å². The first-order valence-corrected chi connectivity index (χ1v) is 5.46. The molecule has 0 atom stereocenters. The molecule has 3 nitrogen and oxygen atoms in total. The van der Waals surface area contributed by atoms with Crippen LogP contribution >= 0.6 is 10.6 Å². The number of hydrogen-bond donors (Lipinski definition) is 3. The van der Waals surface area contributed by atoms with Crippen molar-refractivity contribution in [2.75, 3.05) is 18.1 Å². The molecule has 1 fully saturated rings. The Morgan fingerprint density at radius 3 is 2.20 bits per heavy atom. The first-order chi connectivity index (χ1) is 4.64. The van der Waals surface area contributed by atoms with Crippen molar-refractivity contribution in [2.24, 2.45) is 11.7 Å². The van der Waals surface area contributed by atoms with E-state index in [0.717, 1.165) is 12.8 Å². The Bertz CT molecular complexity index is 108. The molecule has 1 heterocycles. The Hall–Kier alpha value is 0.230. The molecule has 0 bridgehead atoms. The average Bonchev–Trinajstić information content (AvgIpc) is 1.88. The number of hydrogen-bond acceptors (Lipinski definition) is 3. The molecule has 1 aliphatic heterocycles. The largest absolute Gasteiger partial charge is 0.330 e. The fourth-order valence-electron chi connectivity index (χ4n) is 1.19. The highest BCUT2D eigenvalue weighted by atomic mass is 32.3. The van der Waals surface area contributed by atoms with Gasteiger partial charge in [-0.05, 0) is 25.3 Å². The highest BCUT2D eigenvalue weighted by molar-refractivity contribution is 8.24. The summed E-state index contributed by atoms with van der Waals surface area (Å²) in [6, 6.07) is 0. The Balaban J connectivity index is 2.31. The van der Waals surface area contributed by atoms with Crippen LogP contribution in [0.25, 0.3) is 0 Å². The third-order valence-corrected chi connectivity index (χ3v) is 3.82. The first kappa shape index (κ1) is 8.33. The van der Waals surface area contributed by atoms with Gasteiger partial charge in [-0.2, -0.15) is 10.6 Å². The predicted molar refractivity (Wildman–Crippen MR) is 44.4 cm³/mol. The summed E-state index contributed by atoms with van der Waals surface area (Å²) in [5, 5.41) is 0. The lowest BCUT2D eigenvalue weighted by Crippen LogP contribution is -2.25. The smallest absolute Gasteiger partial charge is 0.0377 e. The van der Waals surface area contributed by atoms with Crippen molar-refractivity contribution >= 4 is 10.6 Å². The van der Waals surface area contributed by atoms with Crippen LogP contribution in [-0.2, 0) is 0 Å². The second kappa shape index (κ2) is 3.09. The summed E-state index contributed by atoms with van der Waals surface area (Å²) in [6.45, 7) is 0.690. The summed E-state index contributed by atoms with van der Waals surface area (Å²) >= 11 is 0. The van der Waals surface area contributed by atoms with Crippen LogP contribution in [0.15, 0.2) is 0 Å². The molecule has 0 aromatic carbocycles. The van der Waals surface area contributed by atoms with Crippen LogP contribution in [0.4, 0.5) is 0 Å². The Labute approximate surface area is 63.0 Å². The highest BCUT2D eigenvalue weighted by Crippen LogP contribution is 2.45. The van der Waals surface area contributed by atoms with Gasteiger partial charge in [0.15, 0.2) is 0 Å². The molecule has 10 heavy (non-hydrogen) atoms. The molecule has 0 spiro atoms. The molecule has 62 valence electrons. The van der Waals surface area contributed by atoms with Crippen LogP contribution in [-0.4, -0.2) is 27.2 Å². The van der Waals surface area contributed by atoms with Gasteiger partial charge in [-0.1, -0.05) is 0 Å². The van der Waals surface area contributed by atoms with Crippen LogP contribution < -0.4 is 5.73 Å². The zero-order chi connectivity index (χ0) is 7.61. The monoisotopic (exact) mass is 165 g/mol. The zero-order valence-electron chi connectivity index (χ0n) is 5.99. The fourth-order valence-corrected chi connectivity index (χ4v) is 2.82. The minimum atomic E-state index is -2.18. The van der Waals surface area contributed by atoms with Gasteiger partial charge in [0.25, 0.3) is 0 Å². The lowest BCUT2D eigenvalue weighted by molar-refractivity contribution is 0.423. The summed E-state index contributed by atoms with van der Waals surface area (Å²) in [5.74, 6) is 1.66. The minimum Gasteiger partial charge on any atom is -0.330 e. The van der Waals surface area contributed by atoms with Crippen LogP contribution in [0.5, 0.6) is 0 Å². The molecule has 0 aromatic heterocycles. The maximum absolute atomic E-state index is 9.19. The lowest BCUT2D eigenvalue weighted by Gasteiger charge is -2.38. The van der Waals surface area contributed by atoms with Gasteiger partial charge in [0.1, 0.15) is 0 Å². The third kappa shape index (κ3) is 2.12. The van der Waals surface area contributed by atoms with E-state index in [0.29, 0.717) is 24.0 Å². The van der Waals surface area contributed by atoms with E-state index < -0.39 is 10.6 Å². The van der Waals surface area contributed by atoms with E-state index in [1.165, 1.54) is 0 Å². The van der Waals surface area contributed by atoms with E-state index in [1.807, 2.05) is 0 Å². The molecule has 0 radical (unpaired) electrons. The first-order valence-electron chi connectivity index (χ1n) is 3.58. The quantitative estimate of drug-likeness (QED) is 0.545. The van der Waals surface area contributed by atoms with Gasteiger partial charge in [-0.3, -0.25) is 9.11 Å². The molecule has 0 aromatic rings. The summed E-state index contributed by atoms with van der Waals surface area (Å²) in [6.07, 6.45) is 1.78. The van der Waals surface area contributed by atoms with Crippen molar-refractivity contribution in [3.8, 4) is 0 Å². The summed E-state index contributed by atoms with van der Waals surface area (Å²) < 4.78 is 18.4. The van der Waals surface area contributed by atoms with E-state index in [4.69, 9.17) is 5.73 Å². The molecule has 1 aliphatic rings. The maximum atomic E-state index is 9.19. The van der Waals surface area contributed by atoms with Crippen LogP contribution in [0.3, 0.4) is 0 Å². The Morgan fingerprint density at radius 1 is 1.30 bits per heavy atom. The second-order valence-corrected chi connectivity index (χ2v) is 5.31. The summed E-state index contributed by atoms with van der Waals surface area (Å²) in [5.41, 5.74) is 5.44. The van der Waals surface area contributed by atoms with E-state index in [2.05, 4.69) is 0 Å². The summed E-state index contributed by atoms with van der Waals surface area (Å²) in [4.78, 5) is 0. The average molecular weight is 165 g/mol. The highest BCUT2D eigenvalue weighted by Gasteiger charge is 2.22. The molecule has 0 aliphatic carbocycles. The molecule has 0 amide bonds.